The van der Waals surface area contributed by atoms with Crippen LogP contribution in [-0.2, 0) is 10.8 Å². The first-order valence-corrected chi connectivity index (χ1v) is 14.5. The van der Waals surface area contributed by atoms with Gasteiger partial charge in [0.1, 0.15) is 0 Å². The van der Waals surface area contributed by atoms with E-state index in [1.807, 2.05) is 6.07 Å². The highest BCUT2D eigenvalue weighted by atomic mass is 32.1. The predicted molar refractivity (Wildman–Crippen MR) is 133 cm³/mol. The van der Waals surface area contributed by atoms with Crippen molar-refractivity contribution < 1.29 is 23.4 Å². The van der Waals surface area contributed by atoms with Crippen molar-refractivity contribution in [2.24, 2.45) is 5.73 Å². The van der Waals surface area contributed by atoms with Gasteiger partial charge in [-0.15, -0.1) is 11.3 Å². The second-order valence-corrected chi connectivity index (χ2v) is 15.1. The molecule has 0 radical (unpaired) electrons. The lowest BCUT2D eigenvalue weighted by atomic mass is 9.90. The third kappa shape index (κ3) is 5.85. The van der Waals surface area contributed by atoms with Crippen molar-refractivity contribution in [2.75, 3.05) is 27.9 Å². The van der Waals surface area contributed by atoms with Crippen LogP contribution in [0, 0.1) is 0 Å². The normalized spacial score (nSPS) is 13.0. The zero-order chi connectivity index (χ0) is 24.1. The Kier molecular flexibility index (Phi) is 8.79. The van der Waals surface area contributed by atoms with Crippen LogP contribution in [0.1, 0.15) is 53.9 Å². The second kappa shape index (κ2) is 10.7. The van der Waals surface area contributed by atoms with Gasteiger partial charge in [0, 0.05) is 22.6 Å². The van der Waals surface area contributed by atoms with Gasteiger partial charge in [-0.1, -0.05) is 26.8 Å². The highest BCUT2D eigenvalue weighted by Crippen LogP contribution is 2.44. The van der Waals surface area contributed by atoms with Crippen LogP contribution in [0.3, 0.4) is 0 Å². The summed E-state index contributed by atoms with van der Waals surface area (Å²) in [5.41, 5.74) is 6.85. The van der Waals surface area contributed by atoms with Gasteiger partial charge in [-0.3, -0.25) is 4.79 Å². The molecule has 0 aliphatic rings. The van der Waals surface area contributed by atoms with E-state index < -0.39 is 14.2 Å². The van der Waals surface area contributed by atoms with E-state index in [1.165, 1.54) is 12.0 Å². The van der Waals surface area contributed by atoms with Crippen molar-refractivity contribution in [1.29, 1.82) is 0 Å². The Labute approximate surface area is 197 Å². The van der Waals surface area contributed by atoms with Gasteiger partial charge in [0.2, 0.25) is 11.7 Å². The number of benzene rings is 1. The van der Waals surface area contributed by atoms with E-state index in [-0.39, 0.29) is 11.0 Å². The van der Waals surface area contributed by atoms with Gasteiger partial charge < -0.3 is 24.4 Å². The zero-order valence-corrected chi connectivity index (χ0v) is 22.4. The fourth-order valence-corrected chi connectivity index (χ4v) is 5.35. The molecule has 0 bridgehead atoms. The molecule has 6 nitrogen and oxygen atoms in total. The largest absolute Gasteiger partial charge is 0.493 e. The number of rotatable bonds is 11. The summed E-state index contributed by atoms with van der Waals surface area (Å²) >= 11 is 1.70. The van der Waals surface area contributed by atoms with E-state index in [0.717, 1.165) is 12.0 Å². The van der Waals surface area contributed by atoms with Crippen LogP contribution in [0.4, 0.5) is 0 Å². The van der Waals surface area contributed by atoms with Crippen molar-refractivity contribution in [2.45, 2.75) is 57.7 Å². The first-order valence-electron chi connectivity index (χ1n) is 10.8. The molecule has 2 rings (SSSR count). The third-order valence-electron chi connectivity index (χ3n) is 6.33. The lowest BCUT2D eigenvalue weighted by Gasteiger charge is -2.36. The maximum absolute atomic E-state index is 12.3. The molecule has 178 valence electrons. The lowest BCUT2D eigenvalue weighted by Crippen LogP contribution is -2.41. The number of carbonyl (C=O) groups excluding carboxylic acids is 1. The number of nitrogens with two attached hydrogens (primary N) is 1. The maximum atomic E-state index is 12.3. The molecule has 32 heavy (non-hydrogen) atoms. The average Bonchev–Trinajstić information content (AvgIpc) is 3.25. The molecule has 0 fully saturated rings. The number of primary amides is 1. The quantitative estimate of drug-likeness (QED) is 0.424. The van der Waals surface area contributed by atoms with Gasteiger partial charge in [-0.25, -0.2) is 0 Å². The Bertz CT molecular complexity index is 906. The smallest absolute Gasteiger partial charge is 0.249 e. The van der Waals surface area contributed by atoms with Crippen LogP contribution < -0.4 is 19.9 Å². The summed E-state index contributed by atoms with van der Waals surface area (Å²) in [5, 5.41) is 2.22. The molecule has 1 aromatic heterocycles. The third-order valence-corrected chi connectivity index (χ3v) is 11.9. The second-order valence-electron chi connectivity index (χ2n) is 9.35. The summed E-state index contributed by atoms with van der Waals surface area (Å²) < 4.78 is 23.1. The van der Waals surface area contributed by atoms with Gasteiger partial charge in [0.15, 0.2) is 19.8 Å². The van der Waals surface area contributed by atoms with Crippen LogP contribution in [0.25, 0.3) is 0 Å². The fraction of sp³-hybridized carbons (Fsp3) is 0.542. The molecule has 1 unspecified atom stereocenters. The first kappa shape index (κ1) is 26.2. The van der Waals surface area contributed by atoms with E-state index in [4.69, 9.17) is 24.4 Å². The molecule has 1 amide bonds. The van der Waals surface area contributed by atoms with Crippen LogP contribution >= 0.6 is 11.3 Å². The summed E-state index contributed by atoms with van der Waals surface area (Å²) in [4.78, 5) is 13.6. The first-order chi connectivity index (χ1) is 15.0. The van der Waals surface area contributed by atoms with Gasteiger partial charge in [-0.05, 0) is 54.4 Å². The number of thiophene rings is 1. The van der Waals surface area contributed by atoms with E-state index in [1.54, 1.807) is 31.6 Å². The Morgan fingerprint density at radius 1 is 1.12 bits per heavy atom. The monoisotopic (exact) mass is 479 g/mol. The van der Waals surface area contributed by atoms with Crippen LogP contribution in [0.2, 0.25) is 18.1 Å². The minimum Gasteiger partial charge on any atom is -0.493 e. The molecule has 8 heteroatoms. The standard InChI is InChI=1S/C24H37NO5SSi/c1-24(2,3)32(7,8)30-12-11-16(20-10-9-13-31-20)14-17-18(23(25)26)15-19(27-4)22(29-6)21(17)28-5/h9-10,13,15-16H,11-12,14H2,1-8H3,(H2,25,26). The minimum absolute atomic E-state index is 0.143. The molecule has 0 spiro atoms. The van der Waals surface area contributed by atoms with Gasteiger partial charge in [0.05, 0.1) is 21.3 Å². The SMILES string of the molecule is COc1cc(C(N)=O)c(CC(CCO[Si](C)(C)C(C)(C)C)c2cccs2)c(OC)c1OC. The van der Waals surface area contributed by atoms with Gasteiger partial charge in [-0.2, -0.15) is 0 Å². The molecule has 2 N–H and O–H groups in total. The Morgan fingerprint density at radius 2 is 1.78 bits per heavy atom. The fourth-order valence-electron chi connectivity index (χ4n) is 3.43. The summed E-state index contributed by atoms with van der Waals surface area (Å²) in [6.07, 6.45) is 1.39. The molecule has 0 aliphatic heterocycles. The molecule has 0 saturated carbocycles. The number of ether oxygens (including phenoxy) is 3. The van der Waals surface area contributed by atoms with Gasteiger partial charge in [0.25, 0.3) is 0 Å². The zero-order valence-electron chi connectivity index (χ0n) is 20.5. The van der Waals surface area contributed by atoms with Gasteiger partial charge >= 0.3 is 0 Å². The van der Waals surface area contributed by atoms with Crippen molar-refractivity contribution in [3.63, 3.8) is 0 Å². The Balaban J connectivity index is 2.43. The highest BCUT2D eigenvalue weighted by molar-refractivity contribution is 7.10. The van der Waals surface area contributed by atoms with Crippen LogP contribution in [-0.4, -0.2) is 42.2 Å². The summed E-state index contributed by atoms with van der Waals surface area (Å²) in [6.45, 7) is 11.9. The number of hydrogen-bond donors (Lipinski definition) is 1. The van der Waals surface area contributed by atoms with Crippen molar-refractivity contribution >= 4 is 25.6 Å². The van der Waals surface area contributed by atoms with Crippen molar-refractivity contribution in [3.05, 3.63) is 39.6 Å². The number of methoxy groups -OCH3 is 3. The molecular weight excluding hydrogens is 442 g/mol. The van der Waals surface area contributed by atoms with Crippen molar-refractivity contribution in [3.8, 4) is 17.2 Å². The topological polar surface area (TPSA) is 80.0 Å². The molecule has 1 aromatic carbocycles. The van der Waals surface area contributed by atoms with E-state index in [0.29, 0.717) is 35.8 Å². The molecule has 0 aliphatic carbocycles. The Hall–Kier alpha value is -2.03. The van der Waals surface area contributed by atoms with E-state index in [2.05, 4.69) is 45.3 Å². The highest BCUT2D eigenvalue weighted by Gasteiger charge is 2.37. The Morgan fingerprint density at radius 3 is 2.25 bits per heavy atom. The minimum atomic E-state index is -1.85. The molecule has 0 saturated heterocycles. The van der Waals surface area contributed by atoms with Crippen LogP contribution in [0.15, 0.2) is 23.6 Å². The number of amides is 1. The number of hydrogen-bond acceptors (Lipinski definition) is 6. The van der Waals surface area contributed by atoms with Crippen molar-refractivity contribution in [1.82, 2.24) is 0 Å². The summed E-state index contributed by atoms with van der Waals surface area (Å²) in [7, 11) is 2.78. The maximum Gasteiger partial charge on any atom is 0.249 e. The molecule has 1 heterocycles. The summed E-state index contributed by atoms with van der Waals surface area (Å²) in [6, 6.07) is 5.80. The van der Waals surface area contributed by atoms with E-state index in [9.17, 15) is 4.79 Å². The molecule has 2 aromatic rings. The average molecular weight is 480 g/mol. The number of carbonyl (C=O) groups is 1. The summed E-state index contributed by atoms with van der Waals surface area (Å²) in [5.74, 6) is 0.965. The van der Waals surface area contributed by atoms with Crippen LogP contribution in [0.5, 0.6) is 17.2 Å². The lowest BCUT2D eigenvalue weighted by molar-refractivity contribution is 0.0998. The molecular formula is C24H37NO5SSi. The molecule has 1 atom stereocenters. The predicted octanol–water partition coefficient (Wildman–Crippen LogP) is 5.61. The van der Waals surface area contributed by atoms with E-state index >= 15 is 0 Å².